The molecule has 1 atom stereocenters. The number of nitrogens with one attached hydrogen (secondary N) is 2. The van der Waals surface area contributed by atoms with Crippen LogP contribution in [-0.2, 0) is 4.79 Å². The Labute approximate surface area is 109 Å². The van der Waals surface area contributed by atoms with E-state index in [1.165, 1.54) is 25.7 Å². The van der Waals surface area contributed by atoms with Crippen LogP contribution in [0.4, 0.5) is 0 Å². The molecule has 1 aromatic carbocycles. The van der Waals surface area contributed by atoms with Crippen LogP contribution in [0.2, 0.25) is 0 Å². The molecule has 2 rings (SSSR count). The van der Waals surface area contributed by atoms with Crippen LogP contribution in [0.1, 0.15) is 44.2 Å². The zero-order chi connectivity index (χ0) is 12.8. The van der Waals surface area contributed by atoms with E-state index in [2.05, 4.69) is 10.6 Å². The maximum absolute atomic E-state index is 11.8. The van der Waals surface area contributed by atoms with Crippen molar-refractivity contribution < 1.29 is 4.79 Å². The van der Waals surface area contributed by atoms with Gasteiger partial charge in [-0.25, -0.2) is 0 Å². The second-order valence-corrected chi connectivity index (χ2v) is 5.06. The minimum Gasteiger partial charge on any atom is -0.348 e. The minimum atomic E-state index is 0.0732. The van der Waals surface area contributed by atoms with Crippen molar-refractivity contribution in [1.82, 2.24) is 10.6 Å². The maximum atomic E-state index is 11.8. The molecule has 1 fully saturated rings. The Balaban J connectivity index is 1.73. The molecule has 1 aromatic rings. The van der Waals surface area contributed by atoms with Crippen LogP contribution in [-0.4, -0.2) is 18.5 Å². The molecule has 0 spiro atoms. The molecule has 98 valence electrons. The Kier molecular flexibility index (Phi) is 4.76. The normalized spacial score (nSPS) is 17.6. The predicted octanol–water partition coefficient (Wildman–Crippen LogP) is 2.40. The van der Waals surface area contributed by atoms with Gasteiger partial charge in [-0.2, -0.15) is 0 Å². The van der Waals surface area contributed by atoms with Gasteiger partial charge < -0.3 is 10.6 Å². The van der Waals surface area contributed by atoms with Gasteiger partial charge in [-0.3, -0.25) is 4.79 Å². The molecule has 0 bridgehead atoms. The third-order valence-corrected chi connectivity index (χ3v) is 3.58. The van der Waals surface area contributed by atoms with E-state index in [1.54, 1.807) is 0 Å². The standard InChI is InChI=1S/C15H22N2O/c1-12(13-7-3-2-4-8-13)17-15(18)11-16-14-9-5-6-10-14/h2-4,7-8,12,14,16H,5-6,9-11H2,1H3,(H,17,18)/t12-/m0/s1. The van der Waals surface area contributed by atoms with E-state index < -0.39 is 0 Å². The highest BCUT2D eigenvalue weighted by atomic mass is 16.1. The number of carbonyl (C=O) groups excluding carboxylic acids is 1. The molecule has 3 heteroatoms. The Bertz CT molecular complexity index is 371. The van der Waals surface area contributed by atoms with Gasteiger partial charge in [0.25, 0.3) is 0 Å². The average Bonchev–Trinajstić information content (AvgIpc) is 2.90. The number of rotatable bonds is 5. The molecule has 1 aliphatic carbocycles. The molecule has 0 radical (unpaired) electrons. The van der Waals surface area contributed by atoms with Crippen LogP contribution in [0.15, 0.2) is 30.3 Å². The number of benzene rings is 1. The van der Waals surface area contributed by atoms with E-state index in [0.29, 0.717) is 12.6 Å². The summed E-state index contributed by atoms with van der Waals surface area (Å²) in [5, 5.41) is 6.34. The van der Waals surface area contributed by atoms with Crippen molar-refractivity contribution in [2.75, 3.05) is 6.54 Å². The highest BCUT2D eigenvalue weighted by Gasteiger charge is 2.16. The fraction of sp³-hybridized carbons (Fsp3) is 0.533. The van der Waals surface area contributed by atoms with Gasteiger partial charge in [0.1, 0.15) is 0 Å². The van der Waals surface area contributed by atoms with Gasteiger partial charge in [0.05, 0.1) is 12.6 Å². The third kappa shape index (κ3) is 3.84. The van der Waals surface area contributed by atoms with Gasteiger partial charge in [-0.1, -0.05) is 43.2 Å². The van der Waals surface area contributed by atoms with Crippen LogP contribution >= 0.6 is 0 Å². The monoisotopic (exact) mass is 246 g/mol. The zero-order valence-electron chi connectivity index (χ0n) is 11.0. The molecular formula is C15H22N2O. The van der Waals surface area contributed by atoms with Crippen LogP contribution in [0.5, 0.6) is 0 Å². The fourth-order valence-electron chi connectivity index (χ4n) is 2.48. The van der Waals surface area contributed by atoms with E-state index in [9.17, 15) is 4.79 Å². The lowest BCUT2D eigenvalue weighted by molar-refractivity contribution is -0.121. The minimum absolute atomic E-state index is 0.0732. The van der Waals surface area contributed by atoms with Gasteiger partial charge in [-0.15, -0.1) is 0 Å². The first kappa shape index (κ1) is 13.1. The van der Waals surface area contributed by atoms with Crippen molar-refractivity contribution in [3.8, 4) is 0 Å². The van der Waals surface area contributed by atoms with Crippen molar-refractivity contribution in [1.29, 1.82) is 0 Å². The van der Waals surface area contributed by atoms with E-state index >= 15 is 0 Å². The molecule has 0 aliphatic heterocycles. The Morgan fingerprint density at radius 2 is 1.94 bits per heavy atom. The largest absolute Gasteiger partial charge is 0.348 e. The number of amides is 1. The summed E-state index contributed by atoms with van der Waals surface area (Å²) in [7, 11) is 0. The molecule has 3 nitrogen and oxygen atoms in total. The summed E-state index contributed by atoms with van der Waals surface area (Å²) >= 11 is 0. The lowest BCUT2D eigenvalue weighted by Crippen LogP contribution is -2.39. The van der Waals surface area contributed by atoms with Crippen molar-refractivity contribution in [2.24, 2.45) is 0 Å². The van der Waals surface area contributed by atoms with Crippen molar-refractivity contribution in [3.63, 3.8) is 0 Å². The second-order valence-electron chi connectivity index (χ2n) is 5.06. The maximum Gasteiger partial charge on any atom is 0.234 e. The smallest absolute Gasteiger partial charge is 0.234 e. The average molecular weight is 246 g/mol. The molecule has 0 heterocycles. The highest BCUT2D eigenvalue weighted by Crippen LogP contribution is 2.17. The first-order valence-electron chi connectivity index (χ1n) is 6.83. The lowest BCUT2D eigenvalue weighted by atomic mass is 10.1. The van der Waals surface area contributed by atoms with Gasteiger partial charge >= 0.3 is 0 Å². The SMILES string of the molecule is C[C@H](NC(=O)CNC1CCCC1)c1ccccc1. The molecule has 1 aliphatic rings. The number of carbonyl (C=O) groups is 1. The molecule has 2 N–H and O–H groups in total. The molecule has 18 heavy (non-hydrogen) atoms. The van der Waals surface area contributed by atoms with Gasteiger partial charge in [0.15, 0.2) is 0 Å². The van der Waals surface area contributed by atoms with Gasteiger partial charge in [0.2, 0.25) is 5.91 Å². The molecule has 1 saturated carbocycles. The van der Waals surface area contributed by atoms with Crippen LogP contribution < -0.4 is 10.6 Å². The summed E-state index contributed by atoms with van der Waals surface area (Å²) in [6.45, 7) is 2.45. The summed E-state index contributed by atoms with van der Waals surface area (Å²) in [5.41, 5.74) is 1.15. The van der Waals surface area contributed by atoms with E-state index in [4.69, 9.17) is 0 Å². The molecule has 0 unspecified atom stereocenters. The summed E-state index contributed by atoms with van der Waals surface area (Å²) in [6, 6.07) is 10.7. The third-order valence-electron chi connectivity index (χ3n) is 3.58. The Morgan fingerprint density at radius 3 is 2.61 bits per heavy atom. The topological polar surface area (TPSA) is 41.1 Å². The van der Waals surface area contributed by atoms with Gasteiger partial charge in [0, 0.05) is 6.04 Å². The Hall–Kier alpha value is -1.35. The molecular weight excluding hydrogens is 224 g/mol. The fourth-order valence-corrected chi connectivity index (χ4v) is 2.48. The van der Waals surface area contributed by atoms with E-state index in [-0.39, 0.29) is 11.9 Å². The Morgan fingerprint density at radius 1 is 1.28 bits per heavy atom. The highest BCUT2D eigenvalue weighted by molar-refractivity contribution is 5.78. The first-order chi connectivity index (χ1) is 8.75. The number of hydrogen-bond acceptors (Lipinski definition) is 2. The molecule has 1 amide bonds. The summed E-state index contributed by atoms with van der Waals surface area (Å²) < 4.78 is 0. The van der Waals surface area contributed by atoms with Crippen LogP contribution in [0.25, 0.3) is 0 Å². The van der Waals surface area contributed by atoms with Crippen molar-refractivity contribution in [2.45, 2.75) is 44.7 Å². The summed E-state index contributed by atoms with van der Waals surface area (Å²) in [5.74, 6) is 0.0817. The van der Waals surface area contributed by atoms with Crippen molar-refractivity contribution >= 4 is 5.91 Å². The quantitative estimate of drug-likeness (QED) is 0.837. The number of hydrogen-bond donors (Lipinski definition) is 2. The van der Waals surface area contributed by atoms with Crippen LogP contribution in [0.3, 0.4) is 0 Å². The van der Waals surface area contributed by atoms with E-state index in [0.717, 1.165) is 5.56 Å². The van der Waals surface area contributed by atoms with Crippen LogP contribution in [0, 0.1) is 0 Å². The zero-order valence-corrected chi connectivity index (χ0v) is 11.0. The molecule has 0 aromatic heterocycles. The first-order valence-corrected chi connectivity index (χ1v) is 6.83. The predicted molar refractivity (Wildman–Crippen MR) is 73.3 cm³/mol. The lowest BCUT2D eigenvalue weighted by Gasteiger charge is -2.16. The molecule has 0 saturated heterocycles. The summed E-state index contributed by atoms with van der Waals surface area (Å²) in [6.07, 6.45) is 5.00. The van der Waals surface area contributed by atoms with Crippen molar-refractivity contribution in [3.05, 3.63) is 35.9 Å². The van der Waals surface area contributed by atoms with Gasteiger partial charge in [-0.05, 0) is 25.3 Å². The second kappa shape index (κ2) is 6.55. The van der Waals surface area contributed by atoms with E-state index in [1.807, 2.05) is 37.3 Å². The summed E-state index contributed by atoms with van der Waals surface area (Å²) in [4.78, 5) is 11.8.